The lowest BCUT2D eigenvalue weighted by Crippen LogP contribution is -2.47. The zero-order chi connectivity index (χ0) is 20.0. The van der Waals surface area contributed by atoms with Gasteiger partial charge in [-0.15, -0.1) is 0 Å². The molecule has 2 aliphatic rings. The molecule has 0 aromatic carbocycles. The van der Waals surface area contributed by atoms with E-state index < -0.39 is 35.9 Å². The Labute approximate surface area is 163 Å². The predicted molar refractivity (Wildman–Crippen MR) is 103 cm³/mol. The van der Waals surface area contributed by atoms with Crippen LogP contribution in [-0.4, -0.2) is 41.0 Å². The molecule has 1 saturated heterocycles. The van der Waals surface area contributed by atoms with Crippen molar-refractivity contribution in [2.24, 2.45) is 11.8 Å². The van der Waals surface area contributed by atoms with Gasteiger partial charge in [-0.2, -0.15) is 0 Å². The third kappa shape index (κ3) is 7.32. The van der Waals surface area contributed by atoms with Crippen LogP contribution >= 0.6 is 0 Å². The van der Waals surface area contributed by atoms with E-state index in [1.54, 1.807) is 27.7 Å². The number of ether oxygens (including phenoxy) is 2. The highest BCUT2D eigenvalue weighted by molar-refractivity contribution is 5.81. The molecular weight excluding hydrogens is 346 g/mol. The summed E-state index contributed by atoms with van der Waals surface area (Å²) in [6.45, 7) is 7.08. The van der Waals surface area contributed by atoms with Crippen molar-refractivity contribution in [3.63, 3.8) is 0 Å². The van der Waals surface area contributed by atoms with Crippen molar-refractivity contribution in [2.45, 2.75) is 109 Å². The maximum absolute atomic E-state index is 12.5. The number of carbonyl (C=O) groups is 2. The van der Waals surface area contributed by atoms with Crippen LogP contribution < -0.4 is 5.32 Å². The van der Waals surface area contributed by atoms with E-state index in [1.807, 2.05) is 0 Å². The number of hydrogen-bond donors (Lipinski definition) is 2. The Morgan fingerprint density at radius 3 is 2.37 bits per heavy atom. The maximum atomic E-state index is 12.5. The molecule has 1 saturated carbocycles. The number of amides is 1. The van der Waals surface area contributed by atoms with Crippen LogP contribution in [0.15, 0.2) is 0 Å². The Morgan fingerprint density at radius 2 is 1.74 bits per heavy atom. The van der Waals surface area contributed by atoms with Gasteiger partial charge in [0, 0.05) is 0 Å². The highest BCUT2D eigenvalue weighted by Gasteiger charge is 2.34. The number of esters is 1. The molecule has 0 unspecified atom stereocenters. The fraction of sp³-hybridized carbons (Fsp3) is 0.905. The molecule has 2 fully saturated rings. The molecule has 2 N–H and O–H groups in total. The van der Waals surface area contributed by atoms with Crippen molar-refractivity contribution in [3.05, 3.63) is 0 Å². The van der Waals surface area contributed by atoms with E-state index in [0.717, 1.165) is 25.7 Å². The normalized spacial score (nSPS) is 31.2. The molecule has 1 heterocycles. The molecule has 0 aromatic heterocycles. The summed E-state index contributed by atoms with van der Waals surface area (Å²) in [5.41, 5.74) is -0.624. The fourth-order valence-electron chi connectivity index (χ4n) is 4.27. The van der Waals surface area contributed by atoms with E-state index in [9.17, 15) is 14.7 Å². The average Bonchev–Trinajstić information content (AvgIpc) is 3.06. The minimum absolute atomic E-state index is 0.172. The van der Waals surface area contributed by atoms with Crippen LogP contribution in [0.3, 0.4) is 0 Å². The number of hydrogen-bond acceptors (Lipinski definition) is 5. The van der Waals surface area contributed by atoms with Gasteiger partial charge in [-0.05, 0) is 58.8 Å². The highest BCUT2D eigenvalue weighted by atomic mass is 16.6. The van der Waals surface area contributed by atoms with E-state index in [2.05, 4.69) is 5.32 Å². The van der Waals surface area contributed by atoms with Gasteiger partial charge in [-0.1, -0.05) is 38.5 Å². The van der Waals surface area contributed by atoms with Crippen molar-refractivity contribution in [3.8, 4) is 0 Å². The summed E-state index contributed by atoms with van der Waals surface area (Å²) in [6.07, 6.45) is 7.43. The van der Waals surface area contributed by atoms with Gasteiger partial charge < -0.3 is 19.9 Å². The lowest BCUT2D eigenvalue weighted by atomic mass is 9.83. The van der Waals surface area contributed by atoms with Crippen LogP contribution in [0.5, 0.6) is 0 Å². The van der Waals surface area contributed by atoms with E-state index in [-0.39, 0.29) is 5.92 Å². The second-order valence-electron chi connectivity index (χ2n) is 9.26. The first-order chi connectivity index (χ1) is 12.7. The molecule has 0 aromatic rings. The highest BCUT2D eigenvalue weighted by Crippen LogP contribution is 2.34. The Hall–Kier alpha value is -1.30. The van der Waals surface area contributed by atoms with Crippen LogP contribution in [-0.2, 0) is 14.3 Å². The molecule has 4 atom stereocenters. The number of aliphatic hydroxyl groups is 1. The Balaban J connectivity index is 1.95. The molecule has 6 heteroatoms. The van der Waals surface area contributed by atoms with Crippen LogP contribution in [0.2, 0.25) is 0 Å². The first-order valence-corrected chi connectivity index (χ1v) is 10.5. The van der Waals surface area contributed by atoms with E-state index >= 15 is 0 Å². The van der Waals surface area contributed by atoms with Crippen molar-refractivity contribution >= 4 is 12.1 Å². The van der Waals surface area contributed by atoms with Crippen molar-refractivity contribution < 1.29 is 24.2 Å². The molecule has 1 aliphatic heterocycles. The fourth-order valence-corrected chi connectivity index (χ4v) is 4.27. The van der Waals surface area contributed by atoms with Gasteiger partial charge in [0.15, 0.2) is 0 Å². The SMILES string of the molecule is C[C@@H]1OC(=O)[C@@H](NC(=O)OC(C)(C)C)CCCC[C@H](CC2CCCC2)[C@H]1O. The van der Waals surface area contributed by atoms with Gasteiger partial charge in [0.05, 0.1) is 6.10 Å². The minimum Gasteiger partial charge on any atom is -0.458 e. The number of carbonyl (C=O) groups excluding carboxylic acids is 2. The summed E-state index contributed by atoms with van der Waals surface area (Å²) in [4.78, 5) is 24.6. The summed E-state index contributed by atoms with van der Waals surface area (Å²) in [7, 11) is 0. The first-order valence-electron chi connectivity index (χ1n) is 10.5. The second-order valence-corrected chi connectivity index (χ2v) is 9.26. The van der Waals surface area contributed by atoms with Crippen LogP contribution in [0.1, 0.15) is 85.5 Å². The summed E-state index contributed by atoms with van der Waals surface area (Å²) < 4.78 is 10.8. The standard InChI is InChI=1S/C21H37NO5/c1-14-18(23)16(13-15-9-5-6-10-15)11-7-8-12-17(19(24)26-14)22-20(25)27-21(2,3)4/h14-18,23H,5-13H2,1-4H3,(H,22,25)/t14-,16+,17-,18-/m0/s1. The van der Waals surface area contributed by atoms with Crippen LogP contribution in [0.25, 0.3) is 0 Å². The Bertz CT molecular complexity index is 495. The number of aliphatic hydroxyl groups excluding tert-OH is 1. The van der Waals surface area contributed by atoms with Gasteiger partial charge in [-0.3, -0.25) is 0 Å². The molecule has 156 valence electrons. The largest absolute Gasteiger partial charge is 0.458 e. The summed E-state index contributed by atoms with van der Waals surface area (Å²) in [5.74, 6) is 0.372. The average molecular weight is 384 g/mol. The summed E-state index contributed by atoms with van der Waals surface area (Å²) in [5, 5.41) is 13.4. The maximum Gasteiger partial charge on any atom is 0.408 e. The van der Waals surface area contributed by atoms with Crippen LogP contribution in [0.4, 0.5) is 4.79 Å². The summed E-state index contributed by atoms with van der Waals surface area (Å²) >= 11 is 0. The minimum atomic E-state index is -0.735. The molecule has 27 heavy (non-hydrogen) atoms. The third-order valence-corrected chi connectivity index (χ3v) is 5.67. The molecule has 6 nitrogen and oxygen atoms in total. The topological polar surface area (TPSA) is 84.9 Å². The predicted octanol–water partition coefficient (Wildman–Crippen LogP) is 3.94. The molecule has 1 amide bonds. The monoisotopic (exact) mass is 383 g/mol. The molecule has 0 bridgehead atoms. The summed E-state index contributed by atoms with van der Waals surface area (Å²) in [6, 6.07) is -0.735. The molecule has 0 radical (unpaired) electrons. The number of rotatable bonds is 3. The van der Waals surface area contributed by atoms with Gasteiger partial charge in [0.1, 0.15) is 17.7 Å². The van der Waals surface area contributed by atoms with Gasteiger partial charge in [0.2, 0.25) is 0 Å². The molecule has 0 spiro atoms. The third-order valence-electron chi connectivity index (χ3n) is 5.67. The zero-order valence-corrected chi connectivity index (χ0v) is 17.3. The van der Waals surface area contributed by atoms with Gasteiger partial charge in [0.25, 0.3) is 0 Å². The second kappa shape index (κ2) is 9.76. The van der Waals surface area contributed by atoms with Gasteiger partial charge in [-0.25, -0.2) is 9.59 Å². The molecular formula is C21H37NO5. The van der Waals surface area contributed by atoms with E-state index in [1.165, 1.54) is 25.7 Å². The number of nitrogens with one attached hydrogen (secondary N) is 1. The Kier molecular flexibility index (Phi) is 7.95. The molecule has 2 rings (SSSR count). The molecule has 1 aliphatic carbocycles. The quantitative estimate of drug-likeness (QED) is 0.721. The lowest BCUT2D eigenvalue weighted by molar-refractivity contribution is -0.159. The van der Waals surface area contributed by atoms with Gasteiger partial charge >= 0.3 is 12.1 Å². The smallest absolute Gasteiger partial charge is 0.408 e. The number of alkyl carbamates (subject to hydrolysis) is 1. The van der Waals surface area contributed by atoms with Crippen molar-refractivity contribution in [1.29, 1.82) is 0 Å². The zero-order valence-electron chi connectivity index (χ0n) is 17.3. The Morgan fingerprint density at radius 1 is 1.15 bits per heavy atom. The van der Waals surface area contributed by atoms with Crippen molar-refractivity contribution in [2.75, 3.05) is 0 Å². The van der Waals surface area contributed by atoms with Crippen LogP contribution in [0, 0.1) is 11.8 Å². The van der Waals surface area contributed by atoms with E-state index in [0.29, 0.717) is 12.3 Å². The lowest BCUT2D eigenvalue weighted by Gasteiger charge is -2.32. The number of cyclic esters (lactones) is 1. The van der Waals surface area contributed by atoms with E-state index in [4.69, 9.17) is 9.47 Å². The first kappa shape index (κ1) is 22.0. The van der Waals surface area contributed by atoms with Crippen molar-refractivity contribution in [1.82, 2.24) is 5.32 Å².